The van der Waals surface area contributed by atoms with Gasteiger partial charge in [0.15, 0.2) is 0 Å². The minimum Gasteiger partial charge on any atom is -0.467 e. The summed E-state index contributed by atoms with van der Waals surface area (Å²) in [5.74, 6) is -0.514. The first kappa shape index (κ1) is 21.5. The van der Waals surface area contributed by atoms with Crippen LogP contribution >= 0.6 is 0 Å². The normalized spacial score (nSPS) is 22.0. The van der Waals surface area contributed by atoms with Crippen molar-refractivity contribution >= 4 is 17.8 Å². The van der Waals surface area contributed by atoms with E-state index in [1.54, 1.807) is 4.90 Å². The van der Waals surface area contributed by atoms with Crippen molar-refractivity contribution in [2.75, 3.05) is 13.7 Å². The van der Waals surface area contributed by atoms with Gasteiger partial charge in [-0.1, -0.05) is 47.5 Å². The number of nitrogens with one attached hydrogen (secondary N) is 1. The molecule has 1 saturated heterocycles. The van der Waals surface area contributed by atoms with Crippen LogP contribution in [0.5, 0.6) is 0 Å². The van der Waals surface area contributed by atoms with E-state index in [0.717, 1.165) is 19.3 Å². The molecule has 0 spiro atoms. The van der Waals surface area contributed by atoms with Gasteiger partial charge in [-0.15, -0.1) is 0 Å². The van der Waals surface area contributed by atoms with E-state index in [4.69, 9.17) is 4.74 Å². The first-order chi connectivity index (χ1) is 11.8. The number of nitrogens with zero attached hydrogens (tertiary/aromatic N) is 1. The first-order valence-corrected chi connectivity index (χ1v) is 9.47. The van der Waals surface area contributed by atoms with Crippen molar-refractivity contribution in [3.05, 3.63) is 0 Å². The van der Waals surface area contributed by atoms with E-state index in [0.29, 0.717) is 13.0 Å². The second-order valence-electron chi connectivity index (χ2n) is 7.26. The zero-order valence-electron chi connectivity index (χ0n) is 16.5. The lowest BCUT2D eigenvalue weighted by atomic mass is 9.92. The number of amides is 2. The summed E-state index contributed by atoms with van der Waals surface area (Å²) in [5, 5.41) is 2.82. The molecule has 0 bridgehead atoms. The zero-order valence-corrected chi connectivity index (χ0v) is 16.5. The standard InChI is InChI=1S/C19H34N2O4/c1-7-12(3)14(5)18(23)21-11-9-10-15(21)17(22)20-16(13(4)8-2)19(24)25-6/h12-16H,7-11H2,1-6H3,(H,20,22)/t12-,13-,14-,15-,16-/m0/s1. The fourth-order valence-electron chi connectivity index (χ4n) is 3.21. The summed E-state index contributed by atoms with van der Waals surface area (Å²) in [6, 6.07) is -1.16. The second-order valence-corrected chi connectivity index (χ2v) is 7.26. The Kier molecular flexibility index (Phi) is 8.39. The molecule has 1 fully saturated rings. The number of rotatable bonds is 8. The smallest absolute Gasteiger partial charge is 0.328 e. The maximum absolute atomic E-state index is 12.8. The van der Waals surface area contributed by atoms with E-state index in [9.17, 15) is 14.4 Å². The van der Waals surface area contributed by atoms with Crippen molar-refractivity contribution in [3.8, 4) is 0 Å². The number of carbonyl (C=O) groups excluding carboxylic acids is 3. The van der Waals surface area contributed by atoms with Crippen LogP contribution in [0.25, 0.3) is 0 Å². The van der Waals surface area contributed by atoms with Crippen LogP contribution < -0.4 is 5.32 Å². The molecule has 1 rings (SSSR count). The Morgan fingerprint density at radius 2 is 1.72 bits per heavy atom. The minimum atomic E-state index is -0.674. The maximum atomic E-state index is 12.8. The molecular weight excluding hydrogens is 320 g/mol. The maximum Gasteiger partial charge on any atom is 0.328 e. The third kappa shape index (κ3) is 5.19. The molecule has 1 aliphatic heterocycles. The molecule has 0 saturated carbocycles. The molecule has 144 valence electrons. The monoisotopic (exact) mass is 354 g/mol. The number of methoxy groups -OCH3 is 1. The van der Waals surface area contributed by atoms with Crippen LogP contribution in [0.4, 0.5) is 0 Å². The van der Waals surface area contributed by atoms with Gasteiger partial charge >= 0.3 is 5.97 Å². The summed E-state index contributed by atoms with van der Waals surface area (Å²) < 4.78 is 4.82. The summed E-state index contributed by atoms with van der Waals surface area (Å²) in [4.78, 5) is 39.2. The number of hydrogen-bond acceptors (Lipinski definition) is 4. The van der Waals surface area contributed by atoms with Crippen LogP contribution in [0.1, 0.15) is 60.3 Å². The highest BCUT2D eigenvalue weighted by Crippen LogP contribution is 2.24. The van der Waals surface area contributed by atoms with Gasteiger partial charge in [-0.2, -0.15) is 0 Å². The number of esters is 1. The molecule has 6 heteroatoms. The Morgan fingerprint density at radius 3 is 2.24 bits per heavy atom. The SMILES string of the molecule is CC[C@H](C)[C@H](C)C(=O)N1CCC[C@H]1C(=O)N[C@H](C(=O)OC)[C@@H](C)CC. The van der Waals surface area contributed by atoms with Gasteiger partial charge in [0.2, 0.25) is 11.8 Å². The molecule has 0 aromatic rings. The predicted molar refractivity (Wildman–Crippen MR) is 96.8 cm³/mol. The molecule has 1 aliphatic rings. The Bertz CT molecular complexity index is 480. The van der Waals surface area contributed by atoms with Crippen LogP contribution in [-0.2, 0) is 19.1 Å². The van der Waals surface area contributed by atoms with Gasteiger partial charge in [-0.25, -0.2) is 4.79 Å². The lowest BCUT2D eigenvalue weighted by Crippen LogP contribution is -2.53. The van der Waals surface area contributed by atoms with E-state index >= 15 is 0 Å². The molecule has 0 radical (unpaired) electrons. The quantitative estimate of drug-likeness (QED) is 0.679. The van der Waals surface area contributed by atoms with Gasteiger partial charge in [0.25, 0.3) is 0 Å². The van der Waals surface area contributed by atoms with Crippen LogP contribution in [0, 0.1) is 17.8 Å². The fourth-order valence-corrected chi connectivity index (χ4v) is 3.21. The van der Waals surface area contributed by atoms with E-state index in [-0.39, 0.29) is 29.6 Å². The molecule has 2 amide bonds. The van der Waals surface area contributed by atoms with E-state index in [2.05, 4.69) is 19.2 Å². The highest BCUT2D eigenvalue weighted by molar-refractivity contribution is 5.91. The molecule has 0 aromatic carbocycles. The van der Waals surface area contributed by atoms with Gasteiger partial charge < -0.3 is 15.0 Å². The van der Waals surface area contributed by atoms with Gasteiger partial charge in [0.1, 0.15) is 12.1 Å². The Labute approximate surface area is 151 Å². The average molecular weight is 354 g/mol. The van der Waals surface area contributed by atoms with Gasteiger partial charge in [-0.3, -0.25) is 9.59 Å². The molecule has 0 unspecified atom stereocenters. The minimum absolute atomic E-state index is 0.0269. The number of hydrogen-bond donors (Lipinski definition) is 1. The molecule has 6 nitrogen and oxygen atoms in total. The van der Waals surface area contributed by atoms with Crippen LogP contribution in [0.2, 0.25) is 0 Å². The molecule has 0 aliphatic carbocycles. The largest absolute Gasteiger partial charge is 0.467 e. The molecular formula is C19H34N2O4. The lowest BCUT2D eigenvalue weighted by molar-refractivity contribution is -0.148. The van der Waals surface area contributed by atoms with Crippen LogP contribution in [0.3, 0.4) is 0 Å². The van der Waals surface area contributed by atoms with Crippen molar-refractivity contribution in [1.82, 2.24) is 10.2 Å². The summed E-state index contributed by atoms with van der Waals surface area (Å²) >= 11 is 0. The van der Waals surface area contributed by atoms with E-state index < -0.39 is 18.1 Å². The number of carbonyl (C=O) groups is 3. The summed E-state index contributed by atoms with van der Waals surface area (Å²) in [6.45, 7) is 10.5. The molecule has 5 atom stereocenters. The topological polar surface area (TPSA) is 75.7 Å². The third-order valence-corrected chi connectivity index (χ3v) is 5.69. The van der Waals surface area contributed by atoms with Crippen LogP contribution in [0.15, 0.2) is 0 Å². The van der Waals surface area contributed by atoms with Crippen molar-refractivity contribution in [1.29, 1.82) is 0 Å². The van der Waals surface area contributed by atoms with E-state index in [1.807, 2.05) is 20.8 Å². The first-order valence-electron chi connectivity index (χ1n) is 9.47. The fraction of sp³-hybridized carbons (Fsp3) is 0.842. The Balaban J connectivity index is 2.84. The summed E-state index contributed by atoms with van der Waals surface area (Å²) in [7, 11) is 1.32. The highest BCUT2D eigenvalue weighted by Gasteiger charge is 2.38. The summed E-state index contributed by atoms with van der Waals surface area (Å²) in [5.41, 5.74) is 0. The van der Waals surface area contributed by atoms with Crippen molar-refractivity contribution in [3.63, 3.8) is 0 Å². The summed E-state index contributed by atoms with van der Waals surface area (Å²) in [6.07, 6.45) is 3.12. The lowest BCUT2D eigenvalue weighted by Gasteiger charge is -2.30. The third-order valence-electron chi connectivity index (χ3n) is 5.69. The highest BCUT2D eigenvalue weighted by atomic mass is 16.5. The molecule has 25 heavy (non-hydrogen) atoms. The number of likely N-dealkylation sites (tertiary alicyclic amines) is 1. The number of ether oxygens (including phenoxy) is 1. The average Bonchev–Trinajstić information content (AvgIpc) is 3.12. The Hall–Kier alpha value is -1.59. The van der Waals surface area contributed by atoms with Crippen molar-refractivity contribution < 1.29 is 19.1 Å². The molecule has 1 N–H and O–H groups in total. The molecule has 1 heterocycles. The van der Waals surface area contributed by atoms with E-state index in [1.165, 1.54) is 7.11 Å². The van der Waals surface area contributed by atoms with Gasteiger partial charge in [0, 0.05) is 12.5 Å². The van der Waals surface area contributed by atoms with Gasteiger partial charge in [0.05, 0.1) is 7.11 Å². The molecule has 0 aromatic heterocycles. The van der Waals surface area contributed by atoms with Crippen LogP contribution in [-0.4, -0.2) is 48.4 Å². The van der Waals surface area contributed by atoms with Gasteiger partial charge in [-0.05, 0) is 24.7 Å². The zero-order chi connectivity index (χ0) is 19.1. The van der Waals surface area contributed by atoms with Crippen molar-refractivity contribution in [2.45, 2.75) is 72.4 Å². The van der Waals surface area contributed by atoms with Crippen molar-refractivity contribution in [2.24, 2.45) is 17.8 Å². The second kappa shape index (κ2) is 9.78. The predicted octanol–water partition coefficient (Wildman–Crippen LogP) is 2.36. The Morgan fingerprint density at radius 1 is 1.12 bits per heavy atom.